The topological polar surface area (TPSA) is 65.8 Å². The second-order valence-electron chi connectivity index (χ2n) is 3.80. The molecule has 1 aliphatic heterocycles. The Bertz CT molecular complexity index is 435. The maximum Gasteiger partial charge on any atom is 0.128 e. The van der Waals surface area contributed by atoms with Crippen LogP contribution < -0.4 is 5.32 Å². The van der Waals surface area contributed by atoms with Gasteiger partial charge < -0.3 is 5.32 Å². The van der Waals surface area contributed by atoms with E-state index in [1.807, 2.05) is 6.07 Å². The molecule has 1 aromatic heterocycles. The van der Waals surface area contributed by atoms with Gasteiger partial charge >= 0.3 is 0 Å². The number of pyridine rings is 1. The summed E-state index contributed by atoms with van der Waals surface area (Å²) in [4.78, 5) is 4.05. The average molecular weight is 235 g/mol. The number of hydrogen-bond donors (Lipinski definition) is 1. The molecular formula is C11H13N3OS. The van der Waals surface area contributed by atoms with Crippen LogP contribution in [0.25, 0.3) is 0 Å². The van der Waals surface area contributed by atoms with Crippen LogP contribution in [0, 0.1) is 11.3 Å². The summed E-state index contributed by atoms with van der Waals surface area (Å²) in [6.07, 6.45) is 3.76. The van der Waals surface area contributed by atoms with E-state index in [-0.39, 0.29) is 0 Å². The summed E-state index contributed by atoms with van der Waals surface area (Å²) in [5.74, 6) is 0.585. The zero-order valence-electron chi connectivity index (χ0n) is 8.85. The lowest BCUT2D eigenvalue weighted by Crippen LogP contribution is -2.27. The first-order valence-corrected chi connectivity index (χ1v) is 6.59. The summed E-state index contributed by atoms with van der Waals surface area (Å²) in [6, 6.07) is 5.57. The van der Waals surface area contributed by atoms with Gasteiger partial charge in [-0.05, 0) is 31.5 Å². The molecule has 2 heterocycles. The first kappa shape index (κ1) is 11.2. The molecule has 0 amide bonds. The van der Waals surface area contributed by atoms with Crippen LogP contribution in [0.3, 0.4) is 0 Å². The summed E-state index contributed by atoms with van der Waals surface area (Å²) < 4.78 is 12.0. The maximum atomic E-state index is 12.0. The Morgan fingerprint density at radius 1 is 1.69 bits per heavy atom. The Morgan fingerprint density at radius 3 is 3.25 bits per heavy atom. The van der Waals surface area contributed by atoms with E-state index in [0.29, 0.717) is 22.4 Å². The number of nitriles is 1. The van der Waals surface area contributed by atoms with E-state index in [4.69, 9.17) is 5.26 Å². The van der Waals surface area contributed by atoms with Crippen molar-refractivity contribution in [2.45, 2.75) is 23.9 Å². The molecule has 1 fully saturated rings. The number of aromatic nitrogens is 1. The first-order valence-electron chi connectivity index (χ1n) is 5.27. The smallest absolute Gasteiger partial charge is 0.128 e. The van der Waals surface area contributed by atoms with Gasteiger partial charge in [0, 0.05) is 18.0 Å². The Kier molecular flexibility index (Phi) is 3.65. The molecule has 0 aromatic carbocycles. The fraction of sp³-hybridized carbons (Fsp3) is 0.455. The van der Waals surface area contributed by atoms with Gasteiger partial charge in [0.25, 0.3) is 0 Å². The van der Waals surface area contributed by atoms with Gasteiger partial charge in [0.15, 0.2) is 0 Å². The third-order valence-corrected chi connectivity index (χ3v) is 4.01. The highest BCUT2D eigenvalue weighted by molar-refractivity contribution is 7.85. The van der Waals surface area contributed by atoms with Gasteiger partial charge in [0.1, 0.15) is 5.03 Å². The van der Waals surface area contributed by atoms with Crippen molar-refractivity contribution in [1.82, 2.24) is 10.3 Å². The quantitative estimate of drug-likeness (QED) is 0.842. The lowest BCUT2D eigenvalue weighted by atomic mass is 10.3. The van der Waals surface area contributed by atoms with Crippen LogP contribution in [-0.4, -0.2) is 27.5 Å². The Balaban J connectivity index is 2.05. The van der Waals surface area contributed by atoms with Crippen molar-refractivity contribution >= 4 is 10.8 Å². The van der Waals surface area contributed by atoms with Crippen LogP contribution in [0.15, 0.2) is 23.4 Å². The molecule has 0 aliphatic carbocycles. The van der Waals surface area contributed by atoms with Crippen molar-refractivity contribution < 1.29 is 4.21 Å². The van der Waals surface area contributed by atoms with E-state index < -0.39 is 10.8 Å². The molecule has 0 spiro atoms. The van der Waals surface area contributed by atoms with Crippen molar-refractivity contribution in [2.75, 3.05) is 12.3 Å². The second kappa shape index (κ2) is 5.19. The fourth-order valence-corrected chi connectivity index (χ4v) is 3.03. The van der Waals surface area contributed by atoms with E-state index in [1.54, 1.807) is 12.1 Å². The molecule has 0 bridgehead atoms. The van der Waals surface area contributed by atoms with E-state index in [2.05, 4.69) is 10.3 Å². The molecule has 5 heteroatoms. The summed E-state index contributed by atoms with van der Waals surface area (Å²) in [5, 5.41) is 12.5. The van der Waals surface area contributed by atoms with Crippen molar-refractivity contribution in [2.24, 2.45) is 0 Å². The zero-order valence-corrected chi connectivity index (χ0v) is 9.67. The van der Waals surface area contributed by atoms with Crippen LogP contribution in [0.2, 0.25) is 0 Å². The summed E-state index contributed by atoms with van der Waals surface area (Å²) in [7, 11) is -1.11. The minimum absolute atomic E-state index is 0.327. The highest BCUT2D eigenvalue weighted by Gasteiger charge is 2.18. The highest BCUT2D eigenvalue weighted by Crippen LogP contribution is 2.11. The highest BCUT2D eigenvalue weighted by atomic mass is 32.2. The third-order valence-electron chi connectivity index (χ3n) is 2.61. The normalized spacial score (nSPS) is 21.6. The molecular weight excluding hydrogens is 222 g/mol. The van der Waals surface area contributed by atoms with Gasteiger partial charge in [0.2, 0.25) is 0 Å². The van der Waals surface area contributed by atoms with E-state index in [0.717, 1.165) is 19.4 Å². The number of rotatable bonds is 3. The maximum absolute atomic E-state index is 12.0. The standard InChI is InChI=1S/C11H13N3OS/c12-7-9-3-5-14-11(6-9)16(15)8-10-2-1-4-13-10/h3,5-6,10,13H,1-2,4,8H2/t10-,16-/m0/s1. The Labute approximate surface area is 97.2 Å². The zero-order chi connectivity index (χ0) is 11.4. The van der Waals surface area contributed by atoms with Gasteiger partial charge in [-0.2, -0.15) is 5.26 Å². The van der Waals surface area contributed by atoms with Crippen LogP contribution >= 0.6 is 0 Å². The van der Waals surface area contributed by atoms with Crippen LogP contribution in [0.5, 0.6) is 0 Å². The number of hydrogen-bond acceptors (Lipinski definition) is 4. The molecule has 1 N–H and O–H groups in total. The molecule has 84 valence electrons. The SMILES string of the molecule is N#Cc1ccnc([S@@](=O)C[C@@H]2CCCN2)c1. The minimum atomic E-state index is -1.11. The molecule has 4 nitrogen and oxygen atoms in total. The predicted octanol–water partition coefficient (Wildman–Crippen LogP) is 0.813. The van der Waals surface area contributed by atoms with Gasteiger partial charge in [-0.3, -0.25) is 4.21 Å². The monoisotopic (exact) mass is 235 g/mol. The van der Waals surface area contributed by atoms with Crippen molar-refractivity contribution in [1.29, 1.82) is 5.26 Å². The van der Waals surface area contributed by atoms with Crippen LogP contribution in [0.1, 0.15) is 18.4 Å². The number of nitrogens with zero attached hydrogens (tertiary/aromatic N) is 2. The second-order valence-corrected chi connectivity index (χ2v) is 5.24. The molecule has 1 aromatic rings. The summed E-state index contributed by atoms with van der Waals surface area (Å²) in [6.45, 7) is 1.01. The lowest BCUT2D eigenvalue weighted by molar-refractivity contribution is 0.641. The molecule has 2 atom stereocenters. The van der Waals surface area contributed by atoms with Crippen molar-refractivity contribution in [3.8, 4) is 6.07 Å². The lowest BCUT2D eigenvalue weighted by Gasteiger charge is -2.08. The van der Waals surface area contributed by atoms with Crippen molar-refractivity contribution in [3.63, 3.8) is 0 Å². The van der Waals surface area contributed by atoms with E-state index in [9.17, 15) is 4.21 Å². The van der Waals surface area contributed by atoms with Crippen LogP contribution in [0.4, 0.5) is 0 Å². The minimum Gasteiger partial charge on any atom is -0.313 e. The third kappa shape index (κ3) is 2.65. The molecule has 0 radical (unpaired) electrons. The molecule has 0 unspecified atom stereocenters. The first-order chi connectivity index (χ1) is 7.79. The van der Waals surface area contributed by atoms with E-state index >= 15 is 0 Å². The van der Waals surface area contributed by atoms with E-state index in [1.165, 1.54) is 6.20 Å². The predicted molar refractivity (Wildman–Crippen MR) is 61.3 cm³/mol. The number of nitrogens with one attached hydrogen (secondary N) is 1. The summed E-state index contributed by atoms with van der Waals surface area (Å²) >= 11 is 0. The van der Waals surface area contributed by atoms with Crippen LogP contribution in [-0.2, 0) is 10.8 Å². The molecule has 1 aliphatic rings. The Hall–Kier alpha value is -1.25. The van der Waals surface area contributed by atoms with Gasteiger partial charge in [-0.1, -0.05) is 0 Å². The fourth-order valence-electron chi connectivity index (χ4n) is 1.77. The summed E-state index contributed by atoms with van der Waals surface area (Å²) in [5.41, 5.74) is 0.512. The average Bonchev–Trinajstić information content (AvgIpc) is 2.82. The van der Waals surface area contributed by atoms with Gasteiger partial charge in [-0.15, -0.1) is 0 Å². The molecule has 2 rings (SSSR count). The van der Waals surface area contributed by atoms with Gasteiger partial charge in [-0.25, -0.2) is 4.98 Å². The molecule has 16 heavy (non-hydrogen) atoms. The van der Waals surface area contributed by atoms with Gasteiger partial charge in [0.05, 0.1) is 22.4 Å². The Morgan fingerprint density at radius 2 is 2.56 bits per heavy atom. The molecule has 0 saturated carbocycles. The van der Waals surface area contributed by atoms with Crippen molar-refractivity contribution in [3.05, 3.63) is 23.9 Å². The largest absolute Gasteiger partial charge is 0.313 e. The molecule has 1 saturated heterocycles.